The number of amides is 2. The smallest absolute Gasteiger partial charge is 0.337 e. The maximum absolute atomic E-state index is 11.9. The fourth-order valence-electron chi connectivity index (χ4n) is 2.38. The summed E-state index contributed by atoms with van der Waals surface area (Å²) < 4.78 is 4.99. The van der Waals surface area contributed by atoms with E-state index >= 15 is 0 Å². The van der Waals surface area contributed by atoms with Gasteiger partial charge in [-0.2, -0.15) is 0 Å². The number of anilines is 1. The first kappa shape index (κ1) is 15.2. The van der Waals surface area contributed by atoms with Crippen LogP contribution >= 0.6 is 0 Å². The zero-order valence-corrected chi connectivity index (χ0v) is 12.2. The predicted molar refractivity (Wildman–Crippen MR) is 78.9 cm³/mol. The average molecular weight is 292 g/mol. The van der Waals surface area contributed by atoms with Crippen LogP contribution in [0.3, 0.4) is 0 Å². The largest absolute Gasteiger partial charge is 0.497 e. The van der Waals surface area contributed by atoms with Crippen LogP contribution < -0.4 is 15.4 Å². The Bertz CT molecular complexity index is 544. The molecule has 1 aliphatic carbocycles. The van der Waals surface area contributed by atoms with Crippen LogP contribution in [-0.4, -0.2) is 30.3 Å². The van der Waals surface area contributed by atoms with Crippen LogP contribution in [0.1, 0.15) is 36.5 Å². The molecule has 2 amide bonds. The minimum Gasteiger partial charge on any atom is -0.497 e. The molecule has 2 rings (SSSR count). The molecule has 3 N–H and O–H groups in total. The van der Waals surface area contributed by atoms with Crippen LogP contribution in [0.4, 0.5) is 10.5 Å². The first-order chi connectivity index (χ1) is 10.0. The van der Waals surface area contributed by atoms with Gasteiger partial charge in [0.1, 0.15) is 5.75 Å². The highest BCUT2D eigenvalue weighted by atomic mass is 16.5. The van der Waals surface area contributed by atoms with Gasteiger partial charge in [0.05, 0.1) is 18.4 Å². The minimum absolute atomic E-state index is 0.00500. The molecule has 1 aliphatic rings. The van der Waals surface area contributed by atoms with Crippen LogP contribution in [0.5, 0.6) is 5.75 Å². The lowest BCUT2D eigenvalue weighted by Gasteiger charge is -2.11. The monoisotopic (exact) mass is 292 g/mol. The number of benzene rings is 1. The quantitative estimate of drug-likeness (QED) is 0.752. The summed E-state index contributed by atoms with van der Waals surface area (Å²) >= 11 is 0. The number of carboxylic acid groups (broad SMARTS) is 1. The molecular formula is C15H20N2O4. The lowest BCUT2D eigenvalue weighted by Crippen LogP contribution is -2.32. The van der Waals surface area contributed by atoms with Gasteiger partial charge >= 0.3 is 12.0 Å². The standard InChI is InChI=1S/C15H20N2O4/c1-3-4-9-7-13(9)17-15(20)16-12-6-5-10(21-2)8-11(12)14(18)19/h5-6,8-9,13H,3-4,7H2,1-2H3,(H,18,19)(H2,16,17,20). The number of rotatable bonds is 6. The van der Waals surface area contributed by atoms with E-state index in [0.29, 0.717) is 11.7 Å². The van der Waals surface area contributed by atoms with Gasteiger partial charge in [-0.05, 0) is 37.0 Å². The number of hydrogen-bond acceptors (Lipinski definition) is 3. The molecule has 1 aromatic carbocycles. The first-order valence-corrected chi connectivity index (χ1v) is 7.04. The second kappa shape index (κ2) is 6.47. The molecule has 0 bridgehead atoms. The Morgan fingerprint density at radius 2 is 2.19 bits per heavy atom. The van der Waals surface area contributed by atoms with Crippen molar-refractivity contribution in [1.82, 2.24) is 5.32 Å². The predicted octanol–water partition coefficient (Wildman–Crippen LogP) is 2.70. The van der Waals surface area contributed by atoms with Crippen LogP contribution in [0.2, 0.25) is 0 Å². The lowest BCUT2D eigenvalue weighted by molar-refractivity contribution is 0.0697. The van der Waals surface area contributed by atoms with Gasteiger partial charge in [0, 0.05) is 6.04 Å². The van der Waals surface area contributed by atoms with E-state index < -0.39 is 5.97 Å². The third kappa shape index (κ3) is 3.87. The maximum atomic E-state index is 11.9. The van der Waals surface area contributed by atoms with Crippen molar-refractivity contribution in [2.45, 2.75) is 32.2 Å². The van der Waals surface area contributed by atoms with Crippen molar-refractivity contribution in [3.63, 3.8) is 0 Å². The number of carbonyl (C=O) groups excluding carboxylic acids is 1. The molecule has 1 saturated carbocycles. The Hall–Kier alpha value is -2.24. The number of aromatic carboxylic acids is 1. The summed E-state index contributed by atoms with van der Waals surface area (Å²) in [6.45, 7) is 2.12. The number of methoxy groups -OCH3 is 1. The molecule has 1 aromatic rings. The van der Waals surface area contributed by atoms with E-state index in [-0.39, 0.29) is 23.3 Å². The summed E-state index contributed by atoms with van der Waals surface area (Å²) in [4.78, 5) is 23.1. The van der Waals surface area contributed by atoms with Gasteiger partial charge in [-0.15, -0.1) is 0 Å². The summed E-state index contributed by atoms with van der Waals surface area (Å²) in [6.07, 6.45) is 3.20. The van der Waals surface area contributed by atoms with Crippen molar-refractivity contribution in [2.75, 3.05) is 12.4 Å². The van der Waals surface area contributed by atoms with Crippen molar-refractivity contribution in [1.29, 1.82) is 0 Å². The summed E-state index contributed by atoms with van der Waals surface area (Å²) in [6, 6.07) is 4.36. The second-order valence-electron chi connectivity index (χ2n) is 5.21. The van der Waals surface area contributed by atoms with E-state index in [4.69, 9.17) is 4.74 Å². The molecule has 21 heavy (non-hydrogen) atoms. The molecular weight excluding hydrogens is 272 g/mol. The molecule has 114 valence electrons. The fraction of sp³-hybridized carbons (Fsp3) is 0.467. The van der Waals surface area contributed by atoms with Gasteiger partial charge in [0.2, 0.25) is 0 Å². The molecule has 0 heterocycles. The van der Waals surface area contributed by atoms with E-state index in [9.17, 15) is 14.7 Å². The maximum Gasteiger partial charge on any atom is 0.337 e. The number of urea groups is 1. The number of carboxylic acids is 1. The number of hydrogen-bond donors (Lipinski definition) is 3. The highest BCUT2D eigenvalue weighted by molar-refractivity contribution is 6.00. The van der Waals surface area contributed by atoms with E-state index in [1.165, 1.54) is 19.2 Å². The molecule has 0 aliphatic heterocycles. The normalized spacial score (nSPS) is 19.7. The van der Waals surface area contributed by atoms with Crippen molar-refractivity contribution in [2.24, 2.45) is 5.92 Å². The van der Waals surface area contributed by atoms with Crippen LogP contribution in [0.25, 0.3) is 0 Å². The molecule has 0 radical (unpaired) electrons. The second-order valence-corrected chi connectivity index (χ2v) is 5.21. The van der Waals surface area contributed by atoms with Crippen LogP contribution in [0, 0.1) is 5.92 Å². The van der Waals surface area contributed by atoms with Gasteiger partial charge in [-0.25, -0.2) is 9.59 Å². The summed E-state index contributed by atoms with van der Waals surface area (Å²) in [7, 11) is 1.46. The third-order valence-corrected chi connectivity index (χ3v) is 3.60. The Labute approximate surface area is 123 Å². The van der Waals surface area contributed by atoms with Gasteiger partial charge in [0.15, 0.2) is 0 Å². The van der Waals surface area contributed by atoms with Crippen LogP contribution in [0.15, 0.2) is 18.2 Å². The zero-order valence-electron chi connectivity index (χ0n) is 12.2. The number of carbonyl (C=O) groups is 2. The molecule has 0 spiro atoms. The highest BCUT2D eigenvalue weighted by Gasteiger charge is 2.37. The Balaban J connectivity index is 1.99. The molecule has 0 aromatic heterocycles. The third-order valence-electron chi connectivity index (χ3n) is 3.60. The summed E-state index contributed by atoms with van der Waals surface area (Å²) in [5.74, 6) is -0.126. The highest BCUT2D eigenvalue weighted by Crippen LogP contribution is 2.34. The topological polar surface area (TPSA) is 87.7 Å². The average Bonchev–Trinajstić information content (AvgIpc) is 3.17. The summed E-state index contributed by atoms with van der Waals surface area (Å²) in [5.41, 5.74) is 0.263. The molecule has 2 atom stereocenters. The fourth-order valence-corrected chi connectivity index (χ4v) is 2.38. The number of ether oxygens (including phenoxy) is 1. The Morgan fingerprint density at radius 3 is 2.81 bits per heavy atom. The van der Waals surface area contributed by atoms with Crippen molar-refractivity contribution in [3.05, 3.63) is 23.8 Å². The van der Waals surface area contributed by atoms with Gasteiger partial charge < -0.3 is 20.5 Å². The van der Waals surface area contributed by atoms with E-state index in [1.54, 1.807) is 6.07 Å². The number of nitrogens with one attached hydrogen (secondary N) is 2. The molecule has 1 fully saturated rings. The van der Waals surface area contributed by atoms with Crippen LogP contribution in [-0.2, 0) is 0 Å². The molecule has 0 saturated heterocycles. The molecule has 2 unspecified atom stereocenters. The van der Waals surface area contributed by atoms with E-state index in [1.807, 2.05) is 0 Å². The van der Waals surface area contributed by atoms with Gasteiger partial charge in [0.25, 0.3) is 0 Å². The van der Waals surface area contributed by atoms with Gasteiger partial charge in [-0.1, -0.05) is 13.3 Å². The van der Waals surface area contributed by atoms with E-state index in [2.05, 4.69) is 17.6 Å². The zero-order chi connectivity index (χ0) is 15.4. The van der Waals surface area contributed by atoms with Crippen molar-refractivity contribution >= 4 is 17.7 Å². The minimum atomic E-state index is -1.11. The SMILES string of the molecule is CCCC1CC1NC(=O)Nc1ccc(OC)cc1C(=O)O. The molecule has 6 nitrogen and oxygen atoms in total. The Kier molecular flexibility index (Phi) is 4.67. The van der Waals surface area contributed by atoms with Crippen molar-refractivity contribution in [3.8, 4) is 5.75 Å². The molecule has 6 heteroatoms. The van der Waals surface area contributed by atoms with E-state index in [0.717, 1.165) is 19.3 Å². The van der Waals surface area contributed by atoms with Crippen molar-refractivity contribution < 1.29 is 19.4 Å². The van der Waals surface area contributed by atoms with Gasteiger partial charge in [-0.3, -0.25) is 0 Å². The summed E-state index contributed by atoms with van der Waals surface area (Å²) in [5, 5.41) is 14.6. The lowest BCUT2D eigenvalue weighted by atomic mass is 10.1. The Morgan fingerprint density at radius 1 is 1.43 bits per heavy atom. The first-order valence-electron chi connectivity index (χ1n) is 7.04.